The normalized spacial score (nSPS) is 15.1. The molecule has 0 saturated heterocycles. The topological polar surface area (TPSA) is 77.1 Å². The van der Waals surface area contributed by atoms with Crippen molar-refractivity contribution in [2.45, 2.75) is 52.1 Å². The number of hydrogen-bond acceptors (Lipinski definition) is 4. The second kappa shape index (κ2) is 6.31. The number of carbonyl (C=O) groups is 1. The monoisotopic (exact) mass is 338 g/mol. The molecular weight excluding hydrogens is 316 g/mol. The summed E-state index contributed by atoms with van der Waals surface area (Å²) in [6, 6.07) is 2.18. The number of hydrogen-bond donors (Lipinski definition) is 1. The van der Waals surface area contributed by atoms with Crippen LogP contribution in [0.15, 0.2) is 24.7 Å². The first-order valence-corrected chi connectivity index (χ1v) is 8.85. The fourth-order valence-corrected chi connectivity index (χ4v) is 3.52. The number of nitrogens with zero attached hydrogens (tertiary/aromatic N) is 5. The third-order valence-corrected chi connectivity index (χ3v) is 4.88. The molecule has 0 aliphatic heterocycles. The van der Waals surface area contributed by atoms with E-state index in [1.165, 1.54) is 12.8 Å². The van der Waals surface area contributed by atoms with Gasteiger partial charge in [0.05, 0.1) is 17.6 Å². The number of fused-ring (bicyclic) bond motifs is 1. The Kier molecular flexibility index (Phi) is 3.99. The molecule has 0 spiro atoms. The van der Waals surface area contributed by atoms with Gasteiger partial charge in [-0.3, -0.25) is 9.48 Å². The van der Waals surface area contributed by atoms with Crippen molar-refractivity contribution < 1.29 is 4.79 Å². The van der Waals surface area contributed by atoms with Gasteiger partial charge in [-0.2, -0.15) is 10.2 Å². The Morgan fingerprint density at radius 2 is 2.16 bits per heavy atom. The maximum Gasteiger partial charge on any atom is 0.256 e. The average molecular weight is 338 g/mol. The molecule has 1 saturated carbocycles. The smallest absolute Gasteiger partial charge is 0.256 e. The minimum absolute atomic E-state index is 0.0903. The molecule has 1 aliphatic rings. The van der Waals surface area contributed by atoms with Crippen LogP contribution in [-0.4, -0.2) is 36.3 Å². The van der Waals surface area contributed by atoms with E-state index in [0.717, 1.165) is 36.3 Å². The van der Waals surface area contributed by atoms with Gasteiger partial charge in [0.1, 0.15) is 5.56 Å². The van der Waals surface area contributed by atoms with Crippen LogP contribution in [-0.2, 0) is 6.54 Å². The SMILES string of the molecule is CCn1cc(-c2ccnc3c(C(=O)NC4CCCC4)cnn23)c(C)n1. The molecule has 1 aliphatic carbocycles. The number of amides is 1. The van der Waals surface area contributed by atoms with Gasteiger partial charge >= 0.3 is 0 Å². The molecule has 4 rings (SSSR count). The molecule has 0 atom stereocenters. The zero-order valence-corrected chi connectivity index (χ0v) is 14.6. The average Bonchev–Trinajstić information content (AvgIpc) is 3.33. The van der Waals surface area contributed by atoms with Crippen molar-refractivity contribution in [2.24, 2.45) is 0 Å². The molecule has 1 amide bonds. The molecule has 130 valence electrons. The van der Waals surface area contributed by atoms with Crippen LogP contribution in [0.2, 0.25) is 0 Å². The lowest BCUT2D eigenvalue weighted by Crippen LogP contribution is -2.32. The fraction of sp³-hybridized carbons (Fsp3) is 0.444. The highest BCUT2D eigenvalue weighted by Gasteiger charge is 2.22. The van der Waals surface area contributed by atoms with Crippen molar-refractivity contribution in [1.29, 1.82) is 0 Å². The van der Waals surface area contributed by atoms with Gasteiger partial charge in [-0.25, -0.2) is 9.50 Å². The zero-order chi connectivity index (χ0) is 17.4. The van der Waals surface area contributed by atoms with E-state index in [1.807, 2.05) is 23.9 Å². The zero-order valence-electron chi connectivity index (χ0n) is 14.6. The quantitative estimate of drug-likeness (QED) is 0.793. The van der Waals surface area contributed by atoms with Crippen LogP contribution < -0.4 is 5.32 Å². The first-order chi connectivity index (χ1) is 12.2. The first kappa shape index (κ1) is 15.8. The van der Waals surface area contributed by atoms with Crippen LogP contribution in [0, 0.1) is 6.92 Å². The predicted molar refractivity (Wildman–Crippen MR) is 94.3 cm³/mol. The highest BCUT2D eigenvalue weighted by Crippen LogP contribution is 2.24. The van der Waals surface area contributed by atoms with E-state index in [-0.39, 0.29) is 11.9 Å². The maximum atomic E-state index is 12.6. The summed E-state index contributed by atoms with van der Waals surface area (Å²) in [6.45, 7) is 4.84. The third-order valence-electron chi connectivity index (χ3n) is 4.88. The minimum atomic E-state index is -0.0903. The summed E-state index contributed by atoms with van der Waals surface area (Å²) >= 11 is 0. The molecule has 1 fully saturated rings. The maximum absolute atomic E-state index is 12.6. The molecule has 3 aromatic rings. The lowest BCUT2D eigenvalue weighted by Gasteiger charge is -2.10. The Bertz CT molecular complexity index is 919. The molecule has 0 aromatic carbocycles. The van der Waals surface area contributed by atoms with Gasteiger partial charge in [-0.1, -0.05) is 12.8 Å². The largest absolute Gasteiger partial charge is 0.349 e. The number of nitrogens with one attached hydrogen (secondary N) is 1. The Morgan fingerprint density at radius 3 is 2.88 bits per heavy atom. The van der Waals surface area contributed by atoms with E-state index in [9.17, 15) is 4.79 Å². The number of carbonyl (C=O) groups excluding carboxylic acids is 1. The lowest BCUT2D eigenvalue weighted by atomic mass is 10.2. The summed E-state index contributed by atoms with van der Waals surface area (Å²) in [6.07, 6.45) is 9.81. The predicted octanol–water partition coefficient (Wildman–Crippen LogP) is 2.59. The lowest BCUT2D eigenvalue weighted by molar-refractivity contribution is 0.0939. The van der Waals surface area contributed by atoms with Gasteiger partial charge in [0, 0.05) is 30.5 Å². The molecule has 25 heavy (non-hydrogen) atoms. The second-order valence-corrected chi connectivity index (χ2v) is 6.56. The van der Waals surface area contributed by atoms with Crippen LogP contribution in [0.25, 0.3) is 16.9 Å². The van der Waals surface area contributed by atoms with E-state index in [0.29, 0.717) is 11.2 Å². The van der Waals surface area contributed by atoms with Crippen molar-refractivity contribution >= 4 is 11.6 Å². The van der Waals surface area contributed by atoms with Crippen LogP contribution in [0.1, 0.15) is 48.7 Å². The Labute approximate surface area is 146 Å². The van der Waals surface area contributed by atoms with E-state index in [1.54, 1.807) is 16.9 Å². The summed E-state index contributed by atoms with van der Waals surface area (Å²) in [5.74, 6) is -0.0903. The second-order valence-electron chi connectivity index (χ2n) is 6.56. The summed E-state index contributed by atoms with van der Waals surface area (Å²) in [7, 11) is 0. The number of rotatable bonds is 4. The van der Waals surface area contributed by atoms with Gasteiger partial charge in [0.2, 0.25) is 0 Å². The molecule has 0 bridgehead atoms. The number of aryl methyl sites for hydroxylation is 2. The van der Waals surface area contributed by atoms with Gasteiger partial charge in [-0.15, -0.1) is 0 Å². The van der Waals surface area contributed by atoms with E-state index < -0.39 is 0 Å². The van der Waals surface area contributed by atoms with Gasteiger partial charge < -0.3 is 5.32 Å². The molecule has 7 nitrogen and oxygen atoms in total. The van der Waals surface area contributed by atoms with Crippen molar-refractivity contribution in [3.05, 3.63) is 35.9 Å². The van der Waals surface area contributed by atoms with Crippen molar-refractivity contribution in [2.75, 3.05) is 0 Å². The van der Waals surface area contributed by atoms with Gasteiger partial charge in [0.15, 0.2) is 5.65 Å². The minimum Gasteiger partial charge on any atom is -0.349 e. The summed E-state index contributed by atoms with van der Waals surface area (Å²) in [5, 5.41) is 12.0. The van der Waals surface area contributed by atoms with Crippen molar-refractivity contribution in [1.82, 2.24) is 29.7 Å². The third kappa shape index (κ3) is 2.79. The van der Waals surface area contributed by atoms with Crippen molar-refractivity contribution in [3.63, 3.8) is 0 Å². The number of aromatic nitrogens is 5. The highest BCUT2D eigenvalue weighted by molar-refractivity contribution is 6.00. The Morgan fingerprint density at radius 1 is 1.36 bits per heavy atom. The van der Waals surface area contributed by atoms with Gasteiger partial charge in [-0.05, 0) is 32.8 Å². The van der Waals surface area contributed by atoms with Crippen LogP contribution in [0.3, 0.4) is 0 Å². The Balaban J connectivity index is 1.72. The van der Waals surface area contributed by atoms with Crippen LogP contribution in [0.5, 0.6) is 0 Å². The van der Waals surface area contributed by atoms with E-state index in [2.05, 4.69) is 27.4 Å². The summed E-state index contributed by atoms with van der Waals surface area (Å²) in [5.41, 5.74) is 3.93. The molecule has 3 aromatic heterocycles. The standard InChI is InChI=1S/C18H22N6O/c1-3-23-11-15(12(2)22-23)16-8-9-19-17-14(10-20-24(16)17)18(25)21-13-6-4-5-7-13/h8-11,13H,3-7H2,1-2H3,(H,21,25). The van der Waals surface area contributed by atoms with Crippen LogP contribution >= 0.6 is 0 Å². The Hall–Kier alpha value is -2.70. The fourth-order valence-electron chi connectivity index (χ4n) is 3.52. The molecule has 0 radical (unpaired) electrons. The summed E-state index contributed by atoms with van der Waals surface area (Å²) in [4.78, 5) is 17.0. The molecule has 7 heteroatoms. The van der Waals surface area contributed by atoms with Gasteiger partial charge in [0.25, 0.3) is 5.91 Å². The molecule has 0 unspecified atom stereocenters. The summed E-state index contributed by atoms with van der Waals surface area (Å²) < 4.78 is 3.63. The highest BCUT2D eigenvalue weighted by atomic mass is 16.1. The molecule has 1 N–H and O–H groups in total. The van der Waals surface area contributed by atoms with Crippen LogP contribution in [0.4, 0.5) is 0 Å². The molecule has 3 heterocycles. The van der Waals surface area contributed by atoms with Crippen molar-refractivity contribution in [3.8, 4) is 11.3 Å². The molecular formula is C18H22N6O. The van der Waals surface area contributed by atoms with E-state index >= 15 is 0 Å². The first-order valence-electron chi connectivity index (χ1n) is 8.85. The van der Waals surface area contributed by atoms with E-state index in [4.69, 9.17) is 0 Å².